The van der Waals surface area contributed by atoms with Gasteiger partial charge in [-0.05, 0) is 76.4 Å². The number of nitrogen functional groups attached to an aromatic ring is 1. The molecule has 0 saturated carbocycles. The number of rotatable bonds is 2. The summed E-state index contributed by atoms with van der Waals surface area (Å²) in [6.45, 7) is 8.11. The molecule has 1 aliphatic heterocycles. The SMILES string of the molecule is CC(C)(C)[S+]([O-])NC1c2cc(N)ccc2CC12CCNCC2. The molecule has 4 N–H and O–H groups in total. The smallest absolute Gasteiger partial charge is 0.136 e. The van der Waals surface area contributed by atoms with Gasteiger partial charge in [0.25, 0.3) is 0 Å². The first-order valence-electron chi connectivity index (χ1n) is 8.09. The lowest BCUT2D eigenvalue weighted by Crippen LogP contribution is -2.48. The monoisotopic (exact) mass is 321 g/mol. The van der Waals surface area contributed by atoms with Crippen LogP contribution in [0.1, 0.15) is 50.8 Å². The van der Waals surface area contributed by atoms with Gasteiger partial charge in [0.1, 0.15) is 4.75 Å². The van der Waals surface area contributed by atoms with Crippen LogP contribution in [0.4, 0.5) is 5.69 Å². The van der Waals surface area contributed by atoms with Gasteiger partial charge in [-0.15, -0.1) is 4.72 Å². The van der Waals surface area contributed by atoms with Crippen LogP contribution in [0.25, 0.3) is 0 Å². The van der Waals surface area contributed by atoms with Crippen molar-refractivity contribution in [1.82, 2.24) is 10.0 Å². The van der Waals surface area contributed by atoms with Gasteiger partial charge in [0.05, 0.1) is 6.04 Å². The molecule has 0 radical (unpaired) electrons. The zero-order valence-electron chi connectivity index (χ0n) is 13.7. The molecule has 1 heterocycles. The van der Waals surface area contributed by atoms with Gasteiger partial charge in [-0.25, -0.2) is 0 Å². The molecule has 1 saturated heterocycles. The average molecular weight is 321 g/mol. The van der Waals surface area contributed by atoms with Gasteiger partial charge in [0, 0.05) is 22.5 Å². The fourth-order valence-electron chi connectivity index (χ4n) is 3.72. The molecule has 0 aromatic heterocycles. The number of anilines is 1. The topological polar surface area (TPSA) is 73.1 Å². The molecule has 2 unspecified atom stereocenters. The molecule has 4 nitrogen and oxygen atoms in total. The summed E-state index contributed by atoms with van der Waals surface area (Å²) >= 11 is -1.08. The highest BCUT2D eigenvalue weighted by Gasteiger charge is 2.49. The van der Waals surface area contributed by atoms with Crippen molar-refractivity contribution in [3.8, 4) is 0 Å². The Hall–Kier alpha value is -0.750. The van der Waals surface area contributed by atoms with Crippen LogP contribution in [0, 0.1) is 5.41 Å². The lowest BCUT2D eigenvalue weighted by atomic mass is 9.73. The summed E-state index contributed by atoms with van der Waals surface area (Å²) in [4.78, 5) is 0. The Morgan fingerprint density at radius 2 is 2.00 bits per heavy atom. The molecule has 5 heteroatoms. The number of fused-ring (bicyclic) bond motifs is 1. The summed E-state index contributed by atoms with van der Waals surface area (Å²) < 4.78 is 15.9. The third-order valence-electron chi connectivity index (χ3n) is 5.02. The van der Waals surface area contributed by atoms with Crippen LogP contribution >= 0.6 is 0 Å². The van der Waals surface area contributed by atoms with Crippen LogP contribution in [0.15, 0.2) is 18.2 Å². The van der Waals surface area contributed by atoms with Crippen molar-refractivity contribution in [3.05, 3.63) is 29.3 Å². The standard InChI is InChI=1S/C17H27N3OS/c1-16(2,3)22(21)20-15-14-10-13(18)5-4-12(14)11-17(15)6-8-19-9-7-17/h4-5,10,15,19-20H,6-9,11,18H2,1-3H3. The minimum Gasteiger partial charge on any atom is -0.598 e. The molecule has 1 aromatic rings. The van der Waals surface area contributed by atoms with E-state index >= 15 is 0 Å². The number of hydrogen-bond donors (Lipinski definition) is 3. The molecule has 122 valence electrons. The maximum absolute atomic E-state index is 12.7. The van der Waals surface area contributed by atoms with Crippen LogP contribution in [0.3, 0.4) is 0 Å². The largest absolute Gasteiger partial charge is 0.598 e. The van der Waals surface area contributed by atoms with Crippen LogP contribution < -0.4 is 15.8 Å². The lowest BCUT2D eigenvalue weighted by Gasteiger charge is -2.40. The summed E-state index contributed by atoms with van der Waals surface area (Å²) in [6.07, 6.45) is 3.28. The minimum atomic E-state index is -1.08. The Morgan fingerprint density at radius 1 is 1.32 bits per heavy atom. The quantitative estimate of drug-likeness (QED) is 0.577. The van der Waals surface area contributed by atoms with Crippen molar-refractivity contribution >= 4 is 17.0 Å². The van der Waals surface area contributed by atoms with Crippen LogP contribution in [0.5, 0.6) is 0 Å². The van der Waals surface area contributed by atoms with E-state index in [1.807, 2.05) is 26.8 Å². The molecular weight excluding hydrogens is 294 g/mol. The number of benzene rings is 1. The second-order valence-corrected chi connectivity index (χ2v) is 9.68. The normalized spacial score (nSPS) is 25.2. The van der Waals surface area contributed by atoms with Gasteiger partial charge in [-0.3, -0.25) is 0 Å². The minimum absolute atomic E-state index is 0.133. The van der Waals surface area contributed by atoms with Crippen molar-refractivity contribution in [2.75, 3.05) is 18.8 Å². The predicted octanol–water partition coefficient (Wildman–Crippen LogP) is 2.29. The highest BCUT2D eigenvalue weighted by molar-refractivity contribution is 7.90. The van der Waals surface area contributed by atoms with Crippen LogP contribution in [-0.4, -0.2) is 22.4 Å². The van der Waals surface area contributed by atoms with Crippen LogP contribution in [-0.2, 0) is 17.8 Å². The van der Waals surface area contributed by atoms with E-state index in [-0.39, 0.29) is 16.2 Å². The summed E-state index contributed by atoms with van der Waals surface area (Å²) in [5.41, 5.74) is 9.58. The molecule has 0 bridgehead atoms. The molecule has 1 aromatic carbocycles. The third kappa shape index (κ3) is 2.87. The zero-order valence-corrected chi connectivity index (χ0v) is 14.6. The van der Waals surface area contributed by atoms with Gasteiger partial charge in [-0.2, -0.15) is 0 Å². The van der Waals surface area contributed by atoms with Gasteiger partial charge in [-0.1, -0.05) is 6.07 Å². The molecule has 1 fully saturated rings. The number of nitrogens with two attached hydrogens (primary N) is 1. The number of nitrogens with one attached hydrogen (secondary N) is 2. The second kappa shape index (κ2) is 5.71. The van der Waals surface area contributed by atoms with E-state index in [1.54, 1.807) is 0 Å². The van der Waals surface area contributed by atoms with E-state index in [1.165, 1.54) is 11.1 Å². The number of piperidine rings is 1. The maximum atomic E-state index is 12.7. The highest BCUT2D eigenvalue weighted by Crippen LogP contribution is 2.52. The van der Waals surface area contributed by atoms with Crippen LogP contribution in [0.2, 0.25) is 0 Å². The van der Waals surface area contributed by atoms with Gasteiger partial charge in [0.2, 0.25) is 0 Å². The summed E-state index contributed by atoms with van der Waals surface area (Å²) in [6, 6.07) is 6.34. The Balaban J connectivity index is 1.95. The Labute approximate surface area is 136 Å². The molecule has 2 atom stereocenters. The number of hydrogen-bond acceptors (Lipinski definition) is 4. The van der Waals surface area contributed by atoms with Crippen molar-refractivity contribution in [3.63, 3.8) is 0 Å². The van der Waals surface area contributed by atoms with Gasteiger partial charge in [0.15, 0.2) is 0 Å². The molecule has 3 rings (SSSR count). The summed E-state index contributed by atoms with van der Waals surface area (Å²) in [5.74, 6) is 0. The van der Waals surface area contributed by atoms with Crippen molar-refractivity contribution < 1.29 is 4.55 Å². The van der Waals surface area contributed by atoms with E-state index in [0.29, 0.717) is 0 Å². The summed E-state index contributed by atoms with van der Waals surface area (Å²) in [5, 5.41) is 3.45. The van der Waals surface area contributed by atoms with Crippen molar-refractivity contribution in [2.24, 2.45) is 5.41 Å². The fourth-order valence-corrected chi connectivity index (χ4v) is 4.66. The molecular formula is C17H27N3OS. The van der Waals surface area contributed by atoms with E-state index in [0.717, 1.165) is 38.0 Å². The molecule has 1 spiro atoms. The first kappa shape index (κ1) is 16.1. The molecule has 22 heavy (non-hydrogen) atoms. The van der Waals surface area contributed by atoms with E-state index in [9.17, 15) is 4.55 Å². The maximum Gasteiger partial charge on any atom is 0.136 e. The Kier molecular flexibility index (Phi) is 4.18. The fraction of sp³-hybridized carbons (Fsp3) is 0.647. The zero-order chi connectivity index (χ0) is 16.0. The van der Waals surface area contributed by atoms with E-state index in [2.05, 4.69) is 22.2 Å². The van der Waals surface area contributed by atoms with Crippen molar-refractivity contribution in [2.45, 2.75) is 50.8 Å². The predicted molar refractivity (Wildman–Crippen MR) is 92.9 cm³/mol. The molecule has 1 aliphatic carbocycles. The van der Waals surface area contributed by atoms with E-state index in [4.69, 9.17) is 5.73 Å². The summed E-state index contributed by atoms with van der Waals surface area (Å²) in [7, 11) is 0. The van der Waals surface area contributed by atoms with Gasteiger partial charge < -0.3 is 15.6 Å². The highest BCUT2D eigenvalue weighted by atomic mass is 32.2. The van der Waals surface area contributed by atoms with Crippen molar-refractivity contribution in [1.29, 1.82) is 0 Å². The first-order chi connectivity index (χ1) is 10.3. The Morgan fingerprint density at radius 3 is 2.64 bits per heavy atom. The third-order valence-corrected chi connectivity index (χ3v) is 6.58. The lowest BCUT2D eigenvalue weighted by molar-refractivity contribution is 0.163. The first-order valence-corrected chi connectivity index (χ1v) is 9.24. The average Bonchev–Trinajstić information content (AvgIpc) is 2.72. The molecule has 2 aliphatic rings. The Bertz CT molecular complexity index is 549. The molecule has 0 amide bonds. The second-order valence-electron chi connectivity index (χ2n) is 7.68. The van der Waals surface area contributed by atoms with Gasteiger partial charge >= 0.3 is 0 Å². The van der Waals surface area contributed by atoms with E-state index < -0.39 is 11.4 Å².